The van der Waals surface area contributed by atoms with Gasteiger partial charge in [-0.1, -0.05) is 0 Å². The first-order valence-corrected chi connectivity index (χ1v) is 5.31. The van der Waals surface area contributed by atoms with Gasteiger partial charge in [0.1, 0.15) is 0 Å². The van der Waals surface area contributed by atoms with Crippen molar-refractivity contribution in [2.24, 2.45) is 5.92 Å². The highest BCUT2D eigenvalue weighted by atomic mass is 35.5. The highest BCUT2D eigenvalue weighted by Gasteiger charge is 2.31. The fraction of sp³-hybridized carbons (Fsp3) is 0.800. The van der Waals surface area contributed by atoms with Crippen LogP contribution in [0, 0.1) is 5.92 Å². The summed E-state index contributed by atoms with van der Waals surface area (Å²) in [4.78, 5) is 24.4. The lowest BCUT2D eigenvalue weighted by atomic mass is 10.1. The topological polar surface area (TPSA) is 61.4 Å². The van der Waals surface area contributed by atoms with E-state index in [2.05, 4.69) is 10.6 Å². The Hall–Kier alpha value is -0.810. The van der Waals surface area contributed by atoms with E-state index in [0.29, 0.717) is 19.5 Å². The molecule has 0 aromatic carbocycles. The Kier molecular flexibility index (Phi) is 7.08. The van der Waals surface area contributed by atoms with E-state index >= 15 is 0 Å². The van der Waals surface area contributed by atoms with Crippen molar-refractivity contribution >= 4 is 24.2 Å². The lowest BCUT2D eigenvalue weighted by molar-refractivity contribution is -0.128. The molecular formula is C10H20ClN3O2. The molecule has 1 heterocycles. The zero-order valence-corrected chi connectivity index (χ0v) is 10.6. The highest BCUT2D eigenvalue weighted by molar-refractivity contribution is 5.89. The van der Waals surface area contributed by atoms with Crippen molar-refractivity contribution in [2.45, 2.75) is 12.8 Å². The summed E-state index contributed by atoms with van der Waals surface area (Å²) in [6.07, 6.45) is 1.27. The number of likely N-dealkylation sites (tertiary alicyclic amines) is 1. The van der Waals surface area contributed by atoms with Gasteiger partial charge in [0.2, 0.25) is 11.8 Å². The van der Waals surface area contributed by atoms with Crippen LogP contribution in [0.4, 0.5) is 0 Å². The van der Waals surface area contributed by atoms with Gasteiger partial charge in [0.15, 0.2) is 0 Å². The van der Waals surface area contributed by atoms with Crippen LogP contribution in [0.25, 0.3) is 0 Å². The van der Waals surface area contributed by atoms with E-state index in [9.17, 15) is 9.59 Å². The van der Waals surface area contributed by atoms with Crippen molar-refractivity contribution in [3.05, 3.63) is 0 Å². The van der Waals surface area contributed by atoms with Crippen molar-refractivity contribution < 1.29 is 9.59 Å². The number of halogens is 1. The molecule has 0 aromatic heterocycles. The number of amides is 2. The number of hydrogen-bond donors (Lipinski definition) is 2. The molecule has 1 saturated heterocycles. The number of hydrogen-bond acceptors (Lipinski definition) is 3. The molecule has 0 bridgehead atoms. The van der Waals surface area contributed by atoms with Crippen LogP contribution in [-0.2, 0) is 9.59 Å². The fourth-order valence-corrected chi connectivity index (χ4v) is 1.66. The third-order valence-corrected chi connectivity index (χ3v) is 2.61. The van der Waals surface area contributed by atoms with Crippen LogP contribution >= 0.6 is 12.4 Å². The molecule has 2 amide bonds. The molecule has 0 aromatic rings. The van der Waals surface area contributed by atoms with Gasteiger partial charge in [-0.15, -0.1) is 12.4 Å². The molecule has 0 spiro atoms. The van der Waals surface area contributed by atoms with E-state index < -0.39 is 0 Å². The molecule has 94 valence electrons. The fourth-order valence-electron chi connectivity index (χ4n) is 1.66. The minimum atomic E-state index is -0.155. The zero-order valence-electron chi connectivity index (χ0n) is 9.78. The smallest absolute Gasteiger partial charge is 0.225 e. The van der Waals surface area contributed by atoms with Crippen LogP contribution in [0.1, 0.15) is 12.8 Å². The molecule has 1 aliphatic rings. The molecule has 1 atom stereocenters. The SMILES string of the molecule is CNCCCNC(=O)C1CC(=O)N(C)C1.Cl. The van der Waals surface area contributed by atoms with Crippen LogP contribution in [0.15, 0.2) is 0 Å². The normalized spacial score (nSPS) is 19.5. The van der Waals surface area contributed by atoms with Gasteiger partial charge >= 0.3 is 0 Å². The molecule has 0 saturated carbocycles. The highest BCUT2D eigenvalue weighted by Crippen LogP contribution is 2.15. The van der Waals surface area contributed by atoms with Crippen LogP contribution < -0.4 is 10.6 Å². The van der Waals surface area contributed by atoms with E-state index in [4.69, 9.17) is 0 Å². The van der Waals surface area contributed by atoms with Gasteiger partial charge in [-0.3, -0.25) is 9.59 Å². The number of nitrogens with zero attached hydrogens (tertiary/aromatic N) is 1. The Morgan fingerprint density at radius 2 is 2.19 bits per heavy atom. The Bertz CT molecular complexity index is 248. The van der Waals surface area contributed by atoms with Crippen molar-refractivity contribution in [1.82, 2.24) is 15.5 Å². The van der Waals surface area contributed by atoms with Gasteiger partial charge in [-0.2, -0.15) is 0 Å². The summed E-state index contributed by atoms with van der Waals surface area (Å²) in [5.41, 5.74) is 0. The third-order valence-electron chi connectivity index (χ3n) is 2.61. The summed E-state index contributed by atoms with van der Waals surface area (Å²) >= 11 is 0. The van der Waals surface area contributed by atoms with Gasteiger partial charge < -0.3 is 15.5 Å². The average molecular weight is 250 g/mol. The lowest BCUT2D eigenvalue weighted by Gasteiger charge is -2.10. The average Bonchev–Trinajstić information content (AvgIpc) is 2.54. The molecule has 2 N–H and O–H groups in total. The van der Waals surface area contributed by atoms with Crippen LogP contribution in [0.2, 0.25) is 0 Å². The molecule has 1 unspecified atom stereocenters. The molecule has 0 aliphatic carbocycles. The minimum Gasteiger partial charge on any atom is -0.356 e. The summed E-state index contributed by atoms with van der Waals surface area (Å²) in [5.74, 6) is -0.0914. The Morgan fingerprint density at radius 1 is 1.50 bits per heavy atom. The molecule has 1 aliphatic heterocycles. The molecule has 0 radical (unpaired) electrons. The Balaban J connectivity index is 0.00000225. The van der Waals surface area contributed by atoms with Gasteiger partial charge in [0.25, 0.3) is 0 Å². The quantitative estimate of drug-likeness (QED) is 0.653. The molecule has 16 heavy (non-hydrogen) atoms. The molecule has 5 nitrogen and oxygen atoms in total. The van der Waals surface area contributed by atoms with Gasteiger partial charge in [0.05, 0.1) is 5.92 Å². The van der Waals surface area contributed by atoms with Crippen molar-refractivity contribution in [1.29, 1.82) is 0 Å². The predicted molar refractivity (Wildman–Crippen MR) is 64.5 cm³/mol. The second-order valence-corrected chi connectivity index (χ2v) is 3.92. The third kappa shape index (κ3) is 4.37. The number of nitrogens with one attached hydrogen (secondary N) is 2. The van der Waals surface area contributed by atoms with Crippen molar-refractivity contribution in [2.75, 3.05) is 33.7 Å². The number of rotatable bonds is 5. The largest absolute Gasteiger partial charge is 0.356 e. The summed E-state index contributed by atoms with van der Waals surface area (Å²) in [6.45, 7) is 2.12. The Labute approximate surface area is 102 Å². The van der Waals surface area contributed by atoms with E-state index in [1.165, 1.54) is 0 Å². The first-order chi connectivity index (χ1) is 7.15. The predicted octanol–water partition coefficient (Wildman–Crippen LogP) is -0.388. The molecular weight excluding hydrogens is 230 g/mol. The molecule has 1 rings (SSSR count). The standard InChI is InChI=1S/C10H19N3O2.ClH/c1-11-4-3-5-12-10(15)8-6-9(14)13(2)7-8;/h8,11H,3-7H2,1-2H3,(H,12,15);1H. The van der Waals surface area contributed by atoms with E-state index in [1.807, 2.05) is 7.05 Å². The van der Waals surface area contributed by atoms with Gasteiger partial charge in [0, 0.05) is 26.6 Å². The first-order valence-electron chi connectivity index (χ1n) is 5.31. The molecule has 6 heteroatoms. The first kappa shape index (κ1) is 15.2. The summed E-state index contributed by atoms with van der Waals surface area (Å²) in [7, 11) is 3.61. The summed E-state index contributed by atoms with van der Waals surface area (Å²) in [6, 6.07) is 0. The number of carbonyl (C=O) groups is 2. The Morgan fingerprint density at radius 3 is 2.69 bits per heavy atom. The van der Waals surface area contributed by atoms with E-state index in [1.54, 1.807) is 11.9 Å². The van der Waals surface area contributed by atoms with Crippen LogP contribution in [0.3, 0.4) is 0 Å². The zero-order chi connectivity index (χ0) is 11.3. The lowest BCUT2D eigenvalue weighted by Crippen LogP contribution is -2.33. The summed E-state index contributed by atoms with van der Waals surface area (Å²) in [5, 5.41) is 5.85. The second-order valence-electron chi connectivity index (χ2n) is 3.92. The van der Waals surface area contributed by atoms with Crippen molar-refractivity contribution in [3.63, 3.8) is 0 Å². The maximum Gasteiger partial charge on any atom is 0.225 e. The molecule has 1 fully saturated rings. The van der Waals surface area contributed by atoms with Gasteiger partial charge in [-0.05, 0) is 20.0 Å². The van der Waals surface area contributed by atoms with Gasteiger partial charge in [-0.25, -0.2) is 0 Å². The minimum absolute atomic E-state index is 0. The maximum atomic E-state index is 11.6. The van der Waals surface area contributed by atoms with Crippen molar-refractivity contribution in [3.8, 4) is 0 Å². The summed E-state index contributed by atoms with van der Waals surface area (Å²) < 4.78 is 0. The van der Waals surface area contributed by atoms with Crippen LogP contribution in [0.5, 0.6) is 0 Å². The van der Waals surface area contributed by atoms with E-state index in [-0.39, 0.29) is 30.1 Å². The second kappa shape index (κ2) is 7.46. The monoisotopic (exact) mass is 249 g/mol. The maximum absolute atomic E-state index is 11.6. The number of carbonyl (C=O) groups excluding carboxylic acids is 2. The van der Waals surface area contributed by atoms with Crippen LogP contribution in [-0.4, -0.2) is 50.4 Å². The van der Waals surface area contributed by atoms with E-state index in [0.717, 1.165) is 13.0 Å².